The topological polar surface area (TPSA) is 55.1 Å². The van der Waals surface area contributed by atoms with Gasteiger partial charge in [-0.1, -0.05) is 23.7 Å². The van der Waals surface area contributed by atoms with Crippen LogP contribution in [0.2, 0.25) is 5.02 Å². The van der Waals surface area contributed by atoms with Crippen molar-refractivity contribution in [2.75, 3.05) is 6.54 Å². The van der Waals surface area contributed by atoms with Crippen LogP contribution in [0.25, 0.3) is 0 Å². The number of unbranched alkanes of at least 4 members (excludes halogenated alkanes) is 1. The van der Waals surface area contributed by atoms with Gasteiger partial charge < -0.3 is 11.1 Å². The molecule has 1 amide bonds. The molecule has 0 fully saturated rings. The number of nitrogens with two attached hydrogens (primary N) is 1. The SMILES string of the molecule is C[C@H](NC(=O)CCCCN)c1cccc(Cl)c1. The van der Waals surface area contributed by atoms with E-state index in [1.165, 1.54) is 0 Å². The molecular formula is C13H19ClN2O. The molecule has 3 nitrogen and oxygen atoms in total. The highest BCUT2D eigenvalue weighted by molar-refractivity contribution is 6.30. The molecule has 0 spiro atoms. The summed E-state index contributed by atoms with van der Waals surface area (Å²) in [5, 5.41) is 3.63. The smallest absolute Gasteiger partial charge is 0.220 e. The van der Waals surface area contributed by atoms with Gasteiger partial charge in [-0.05, 0) is 44.0 Å². The molecule has 94 valence electrons. The zero-order valence-electron chi connectivity index (χ0n) is 10.1. The van der Waals surface area contributed by atoms with E-state index in [2.05, 4.69) is 5.32 Å². The number of hydrogen-bond acceptors (Lipinski definition) is 2. The molecule has 17 heavy (non-hydrogen) atoms. The van der Waals surface area contributed by atoms with Crippen LogP contribution in [-0.4, -0.2) is 12.5 Å². The number of nitrogens with one attached hydrogen (secondary N) is 1. The normalized spacial score (nSPS) is 12.2. The standard InChI is InChI=1S/C13H19ClN2O/c1-10(11-5-4-6-12(14)9-11)16-13(17)7-2-3-8-15/h4-6,9-10H,2-3,7-8,15H2,1H3,(H,16,17)/t10-/m0/s1. The Kier molecular flexibility index (Phi) is 6.01. The van der Waals surface area contributed by atoms with E-state index in [9.17, 15) is 4.79 Å². The number of rotatable bonds is 6. The van der Waals surface area contributed by atoms with Crippen LogP contribution >= 0.6 is 11.6 Å². The Labute approximate surface area is 107 Å². The Morgan fingerprint density at radius 2 is 2.24 bits per heavy atom. The fraction of sp³-hybridized carbons (Fsp3) is 0.462. The van der Waals surface area contributed by atoms with Gasteiger partial charge in [0.2, 0.25) is 5.91 Å². The Hall–Kier alpha value is -1.06. The van der Waals surface area contributed by atoms with E-state index in [1.54, 1.807) is 0 Å². The minimum atomic E-state index is -0.0147. The monoisotopic (exact) mass is 254 g/mol. The molecule has 1 aromatic rings. The Morgan fingerprint density at radius 1 is 1.47 bits per heavy atom. The first-order valence-electron chi connectivity index (χ1n) is 5.88. The van der Waals surface area contributed by atoms with Crippen LogP contribution in [0.3, 0.4) is 0 Å². The van der Waals surface area contributed by atoms with Gasteiger partial charge in [0.1, 0.15) is 0 Å². The van der Waals surface area contributed by atoms with Crippen LogP contribution in [0.15, 0.2) is 24.3 Å². The summed E-state index contributed by atoms with van der Waals surface area (Å²) in [4.78, 5) is 11.6. The summed E-state index contributed by atoms with van der Waals surface area (Å²) in [6.45, 7) is 2.59. The van der Waals surface area contributed by atoms with Gasteiger partial charge in [0.15, 0.2) is 0 Å². The minimum absolute atomic E-state index is 0.0147. The van der Waals surface area contributed by atoms with Crippen LogP contribution in [0.4, 0.5) is 0 Å². The first kappa shape index (κ1) is 14.0. The fourth-order valence-corrected chi connectivity index (χ4v) is 1.80. The molecule has 0 saturated carbocycles. The van der Waals surface area contributed by atoms with Gasteiger partial charge >= 0.3 is 0 Å². The molecule has 3 N–H and O–H groups in total. The molecule has 0 heterocycles. The average Bonchev–Trinajstić information content (AvgIpc) is 2.29. The maximum atomic E-state index is 11.6. The summed E-state index contributed by atoms with van der Waals surface area (Å²) in [5.41, 5.74) is 6.40. The largest absolute Gasteiger partial charge is 0.350 e. The molecular weight excluding hydrogens is 236 g/mol. The number of carbonyl (C=O) groups excluding carboxylic acids is 1. The number of benzene rings is 1. The maximum absolute atomic E-state index is 11.6. The summed E-state index contributed by atoms with van der Waals surface area (Å²) in [6, 6.07) is 7.51. The van der Waals surface area contributed by atoms with Crippen molar-refractivity contribution in [1.29, 1.82) is 0 Å². The maximum Gasteiger partial charge on any atom is 0.220 e. The molecule has 0 aliphatic heterocycles. The number of halogens is 1. The van der Waals surface area contributed by atoms with Crippen molar-refractivity contribution in [1.82, 2.24) is 5.32 Å². The molecule has 0 radical (unpaired) electrons. The Morgan fingerprint density at radius 3 is 2.88 bits per heavy atom. The van der Waals surface area contributed by atoms with E-state index in [1.807, 2.05) is 31.2 Å². The van der Waals surface area contributed by atoms with E-state index in [0.717, 1.165) is 18.4 Å². The van der Waals surface area contributed by atoms with Crippen LogP contribution < -0.4 is 11.1 Å². The second-order valence-corrected chi connectivity index (χ2v) is 4.53. The van der Waals surface area contributed by atoms with E-state index in [-0.39, 0.29) is 11.9 Å². The van der Waals surface area contributed by atoms with Crippen LogP contribution in [0.5, 0.6) is 0 Å². The molecule has 4 heteroatoms. The van der Waals surface area contributed by atoms with Crippen LogP contribution in [0.1, 0.15) is 37.8 Å². The van der Waals surface area contributed by atoms with E-state index in [4.69, 9.17) is 17.3 Å². The van der Waals surface area contributed by atoms with Gasteiger partial charge in [-0.15, -0.1) is 0 Å². The predicted molar refractivity (Wildman–Crippen MR) is 70.9 cm³/mol. The second kappa shape index (κ2) is 7.30. The molecule has 1 aromatic carbocycles. The summed E-state index contributed by atoms with van der Waals surface area (Å²) in [6.07, 6.45) is 2.26. The fourth-order valence-electron chi connectivity index (χ4n) is 1.60. The molecule has 1 atom stereocenters. The first-order chi connectivity index (χ1) is 8.13. The quantitative estimate of drug-likeness (QED) is 0.767. The van der Waals surface area contributed by atoms with Gasteiger partial charge in [0, 0.05) is 11.4 Å². The van der Waals surface area contributed by atoms with Crippen molar-refractivity contribution < 1.29 is 4.79 Å². The summed E-state index contributed by atoms with van der Waals surface area (Å²) >= 11 is 5.90. The van der Waals surface area contributed by atoms with E-state index >= 15 is 0 Å². The lowest BCUT2D eigenvalue weighted by atomic mass is 10.1. The van der Waals surface area contributed by atoms with Gasteiger partial charge in [-0.2, -0.15) is 0 Å². The molecule has 1 rings (SSSR count). The van der Waals surface area contributed by atoms with Crippen molar-refractivity contribution in [3.63, 3.8) is 0 Å². The summed E-state index contributed by atoms with van der Waals surface area (Å²) in [5.74, 6) is 0.0610. The van der Waals surface area contributed by atoms with Gasteiger partial charge in [0.25, 0.3) is 0 Å². The predicted octanol–water partition coefficient (Wildman–Crippen LogP) is 2.65. The second-order valence-electron chi connectivity index (χ2n) is 4.09. The van der Waals surface area contributed by atoms with Crippen molar-refractivity contribution in [2.45, 2.75) is 32.2 Å². The van der Waals surface area contributed by atoms with Crippen LogP contribution in [-0.2, 0) is 4.79 Å². The van der Waals surface area contributed by atoms with Gasteiger partial charge in [0.05, 0.1) is 6.04 Å². The average molecular weight is 255 g/mol. The molecule has 0 aromatic heterocycles. The molecule has 0 aliphatic carbocycles. The zero-order chi connectivity index (χ0) is 12.7. The summed E-state index contributed by atoms with van der Waals surface area (Å²) in [7, 11) is 0. The van der Waals surface area contributed by atoms with Crippen LogP contribution in [0, 0.1) is 0 Å². The number of carbonyl (C=O) groups is 1. The van der Waals surface area contributed by atoms with E-state index in [0.29, 0.717) is 18.0 Å². The van der Waals surface area contributed by atoms with Crippen molar-refractivity contribution in [3.05, 3.63) is 34.9 Å². The van der Waals surface area contributed by atoms with Crippen molar-refractivity contribution >= 4 is 17.5 Å². The Balaban J connectivity index is 2.43. The lowest BCUT2D eigenvalue weighted by molar-refractivity contribution is -0.121. The van der Waals surface area contributed by atoms with Gasteiger partial charge in [-0.3, -0.25) is 4.79 Å². The third-order valence-corrected chi connectivity index (χ3v) is 2.82. The molecule has 0 aliphatic rings. The minimum Gasteiger partial charge on any atom is -0.350 e. The van der Waals surface area contributed by atoms with E-state index < -0.39 is 0 Å². The Bertz CT molecular complexity index is 368. The highest BCUT2D eigenvalue weighted by Crippen LogP contribution is 2.17. The molecule has 0 bridgehead atoms. The number of hydrogen-bond donors (Lipinski definition) is 2. The lowest BCUT2D eigenvalue weighted by Crippen LogP contribution is -2.26. The van der Waals surface area contributed by atoms with Gasteiger partial charge in [-0.25, -0.2) is 0 Å². The zero-order valence-corrected chi connectivity index (χ0v) is 10.8. The lowest BCUT2D eigenvalue weighted by Gasteiger charge is -2.14. The highest BCUT2D eigenvalue weighted by atomic mass is 35.5. The van der Waals surface area contributed by atoms with Crippen molar-refractivity contribution in [3.8, 4) is 0 Å². The highest BCUT2D eigenvalue weighted by Gasteiger charge is 2.09. The third kappa shape index (κ3) is 5.20. The van der Waals surface area contributed by atoms with Crippen molar-refractivity contribution in [2.24, 2.45) is 5.73 Å². The third-order valence-electron chi connectivity index (χ3n) is 2.58. The first-order valence-corrected chi connectivity index (χ1v) is 6.26. The molecule has 0 saturated heterocycles. The molecule has 0 unspecified atom stereocenters. The number of amides is 1. The summed E-state index contributed by atoms with van der Waals surface area (Å²) < 4.78 is 0.